The molecule has 1 aliphatic carbocycles. The molecule has 2 aromatic rings. The Hall–Kier alpha value is -2.54. The molecule has 7 nitrogen and oxygen atoms in total. The van der Waals surface area contributed by atoms with Crippen LogP contribution in [-0.2, 0) is 9.53 Å². The van der Waals surface area contributed by atoms with Gasteiger partial charge in [0.05, 0.1) is 11.8 Å². The van der Waals surface area contributed by atoms with Crippen LogP contribution >= 0.6 is 0 Å². The van der Waals surface area contributed by atoms with E-state index >= 15 is 0 Å². The van der Waals surface area contributed by atoms with E-state index in [-0.39, 0.29) is 29.4 Å². The van der Waals surface area contributed by atoms with E-state index in [1.807, 2.05) is 17.0 Å². The Morgan fingerprint density at radius 3 is 3.00 bits per heavy atom. The zero-order valence-corrected chi connectivity index (χ0v) is 16.1. The second kappa shape index (κ2) is 8.22. The van der Waals surface area contributed by atoms with E-state index < -0.39 is 0 Å². The summed E-state index contributed by atoms with van der Waals surface area (Å²) in [7, 11) is 1.72. The van der Waals surface area contributed by atoms with Crippen molar-refractivity contribution in [3.63, 3.8) is 0 Å². The number of nitrogens with zero attached hydrogens (tertiary/aromatic N) is 3. The van der Waals surface area contributed by atoms with E-state index in [9.17, 15) is 9.59 Å². The van der Waals surface area contributed by atoms with Crippen LogP contribution in [0.4, 0.5) is 0 Å². The molecule has 148 valence electrons. The van der Waals surface area contributed by atoms with E-state index in [0.717, 1.165) is 37.7 Å². The molecule has 4 rings (SSSR count). The molecule has 3 atom stereocenters. The van der Waals surface area contributed by atoms with Crippen LogP contribution in [0.1, 0.15) is 43.8 Å². The van der Waals surface area contributed by atoms with Gasteiger partial charge in [-0.3, -0.25) is 14.6 Å². The highest BCUT2D eigenvalue weighted by Crippen LogP contribution is 2.31. The Morgan fingerprint density at radius 2 is 2.21 bits per heavy atom. The Morgan fingerprint density at radius 1 is 1.32 bits per heavy atom. The fourth-order valence-electron chi connectivity index (χ4n) is 4.36. The largest absolute Gasteiger partial charge is 0.381 e. The summed E-state index contributed by atoms with van der Waals surface area (Å²) in [5.41, 5.74) is 1.25. The summed E-state index contributed by atoms with van der Waals surface area (Å²) in [5, 5.41) is 0. The van der Waals surface area contributed by atoms with Crippen LogP contribution in [0.3, 0.4) is 0 Å². The minimum atomic E-state index is -0.177. The highest BCUT2D eigenvalue weighted by molar-refractivity contribution is 5.79. The SMILES string of the molecule is CO[C@@H]1CCC[C@@H](C(=O)N2CC[C@H](c3nc(-c4cccnc4)cc(=O)[nH]3)C2)C1. The molecule has 28 heavy (non-hydrogen) atoms. The quantitative estimate of drug-likeness (QED) is 0.877. The molecule has 1 saturated heterocycles. The van der Waals surface area contributed by atoms with Crippen molar-refractivity contribution in [3.05, 3.63) is 46.8 Å². The van der Waals surface area contributed by atoms with Gasteiger partial charge in [0.2, 0.25) is 5.91 Å². The van der Waals surface area contributed by atoms with Crippen molar-refractivity contribution in [2.45, 2.75) is 44.1 Å². The lowest BCUT2D eigenvalue weighted by Crippen LogP contribution is -2.38. The fraction of sp³-hybridized carbons (Fsp3) is 0.524. The highest BCUT2D eigenvalue weighted by Gasteiger charge is 2.35. The fourth-order valence-corrected chi connectivity index (χ4v) is 4.36. The molecule has 1 saturated carbocycles. The van der Waals surface area contributed by atoms with Crippen LogP contribution in [-0.4, -0.2) is 52.1 Å². The van der Waals surface area contributed by atoms with Crippen molar-refractivity contribution in [2.75, 3.05) is 20.2 Å². The minimum absolute atomic E-state index is 0.0474. The number of carbonyl (C=O) groups excluding carboxylic acids is 1. The third-order valence-electron chi connectivity index (χ3n) is 5.91. The van der Waals surface area contributed by atoms with Gasteiger partial charge in [0.1, 0.15) is 5.82 Å². The molecule has 0 radical (unpaired) electrons. The number of pyridine rings is 1. The smallest absolute Gasteiger partial charge is 0.251 e. The number of aromatic amines is 1. The number of carbonyl (C=O) groups is 1. The molecule has 0 aromatic carbocycles. The predicted octanol–water partition coefficient (Wildman–Crippen LogP) is 2.35. The molecule has 2 aliphatic rings. The Bertz CT molecular complexity index is 883. The minimum Gasteiger partial charge on any atom is -0.381 e. The predicted molar refractivity (Wildman–Crippen MR) is 105 cm³/mol. The number of nitrogens with one attached hydrogen (secondary N) is 1. The lowest BCUT2D eigenvalue weighted by Gasteiger charge is -2.30. The molecular weight excluding hydrogens is 356 g/mol. The van der Waals surface area contributed by atoms with Crippen LogP contribution < -0.4 is 5.56 Å². The Kier molecular flexibility index (Phi) is 5.52. The first-order chi connectivity index (χ1) is 13.6. The molecule has 2 fully saturated rings. The molecule has 7 heteroatoms. The maximum absolute atomic E-state index is 13.0. The van der Waals surface area contributed by atoms with Gasteiger partial charge in [-0.15, -0.1) is 0 Å². The van der Waals surface area contributed by atoms with Crippen LogP contribution in [0.25, 0.3) is 11.3 Å². The van der Waals surface area contributed by atoms with Crippen molar-refractivity contribution >= 4 is 5.91 Å². The molecule has 1 aliphatic heterocycles. The first-order valence-corrected chi connectivity index (χ1v) is 9.97. The number of ether oxygens (including phenoxy) is 1. The van der Waals surface area contributed by atoms with Crippen LogP contribution in [0.5, 0.6) is 0 Å². The summed E-state index contributed by atoms with van der Waals surface area (Å²) in [5.74, 6) is 0.969. The van der Waals surface area contributed by atoms with Gasteiger partial charge in [0.25, 0.3) is 5.56 Å². The zero-order valence-electron chi connectivity index (χ0n) is 16.1. The van der Waals surface area contributed by atoms with Crippen LogP contribution in [0.15, 0.2) is 35.4 Å². The second-order valence-corrected chi connectivity index (χ2v) is 7.75. The van der Waals surface area contributed by atoms with Gasteiger partial charge >= 0.3 is 0 Å². The molecule has 0 unspecified atom stereocenters. The summed E-state index contributed by atoms with van der Waals surface area (Å²) in [6, 6.07) is 5.20. The van der Waals surface area contributed by atoms with Gasteiger partial charge in [-0.2, -0.15) is 0 Å². The Labute approximate surface area is 164 Å². The maximum Gasteiger partial charge on any atom is 0.251 e. The number of hydrogen-bond donors (Lipinski definition) is 1. The first kappa shape index (κ1) is 18.8. The number of H-pyrrole nitrogens is 1. The topological polar surface area (TPSA) is 88.2 Å². The number of aromatic nitrogens is 3. The molecular formula is C21H26N4O3. The monoisotopic (exact) mass is 382 g/mol. The van der Waals surface area contributed by atoms with E-state index in [1.54, 1.807) is 19.5 Å². The van der Waals surface area contributed by atoms with Crippen molar-refractivity contribution in [2.24, 2.45) is 5.92 Å². The zero-order chi connectivity index (χ0) is 19.5. The van der Waals surface area contributed by atoms with Crippen LogP contribution in [0, 0.1) is 5.92 Å². The summed E-state index contributed by atoms with van der Waals surface area (Å²) in [4.78, 5) is 38.7. The average molecular weight is 382 g/mol. The summed E-state index contributed by atoms with van der Waals surface area (Å²) >= 11 is 0. The number of amides is 1. The van der Waals surface area contributed by atoms with Gasteiger partial charge < -0.3 is 14.6 Å². The molecule has 1 amide bonds. The van der Waals surface area contributed by atoms with Crippen LogP contribution in [0.2, 0.25) is 0 Å². The lowest BCUT2D eigenvalue weighted by atomic mass is 9.86. The standard InChI is InChI=1S/C21H26N4O3/c1-28-17-6-2-4-14(10-17)21(27)25-9-7-16(13-25)20-23-18(11-19(26)24-20)15-5-3-8-22-12-15/h3,5,8,11-12,14,16-17H,2,4,6-7,9-10,13H2,1H3,(H,23,24,26)/t14-,16+,17-/m1/s1. The van der Waals surface area contributed by atoms with Crippen molar-refractivity contribution in [1.29, 1.82) is 0 Å². The molecule has 0 bridgehead atoms. The summed E-state index contributed by atoms with van der Waals surface area (Å²) in [6.45, 7) is 1.31. The normalized spacial score (nSPS) is 25.0. The summed E-state index contributed by atoms with van der Waals surface area (Å²) < 4.78 is 5.47. The molecule has 2 aromatic heterocycles. The maximum atomic E-state index is 13.0. The average Bonchev–Trinajstić information content (AvgIpc) is 3.24. The molecule has 1 N–H and O–H groups in total. The second-order valence-electron chi connectivity index (χ2n) is 7.75. The van der Waals surface area contributed by atoms with E-state index in [0.29, 0.717) is 24.6 Å². The highest BCUT2D eigenvalue weighted by atomic mass is 16.5. The number of hydrogen-bond acceptors (Lipinski definition) is 5. The van der Waals surface area contributed by atoms with Gasteiger partial charge in [0, 0.05) is 56.1 Å². The van der Waals surface area contributed by atoms with Crippen molar-refractivity contribution in [1.82, 2.24) is 19.9 Å². The van der Waals surface area contributed by atoms with Crippen molar-refractivity contribution < 1.29 is 9.53 Å². The number of likely N-dealkylation sites (tertiary alicyclic amines) is 1. The van der Waals surface area contributed by atoms with Gasteiger partial charge in [-0.25, -0.2) is 4.98 Å². The van der Waals surface area contributed by atoms with Gasteiger partial charge in [0.15, 0.2) is 0 Å². The van der Waals surface area contributed by atoms with E-state index in [4.69, 9.17) is 4.74 Å². The third kappa shape index (κ3) is 3.99. The number of methoxy groups -OCH3 is 1. The summed E-state index contributed by atoms with van der Waals surface area (Å²) in [6.07, 6.45) is 8.21. The van der Waals surface area contributed by atoms with E-state index in [1.165, 1.54) is 6.07 Å². The third-order valence-corrected chi connectivity index (χ3v) is 5.91. The van der Waals surface area contributed by atoms with E-state index in [2.05, 4.69) is 15.0 Å². The number of rotatable bonds is 4. The Balaban J connectivity index is 1.48. The lowest BCUT2D eigenvalue weighted by molar-refractivity contribution is -0.137. The first-order valence-electron chi connectivity index (χ1n) is 9.97. The van der Waals surface area contributed by atoms with Gasteiger partial charge in [-0.1, -0.05) is 6.42 Å². The van der Waals surface area contributed by atoms with Crippen molar-refractivity contribution in [3.8, 4) is 11.3 Å². The molecule has 3 heterocycles. The molecule has 0 spiro atoms. The van der Waals surface area contributed by atoms with Gasteiger partial charge in [-0.05, 0) is 37.8 Å².